The molecule has 1 saturated carbocycles. The second-order valence-corrected chi connectivity index (χ2v) is 8.04. The van der Waals surface area contributed by atoms with E-state index >= 15 is 0 Å². The summed E-state index contributed by atoms with van der Waals surface area (Å²) in [6, 6.07) is 6.19. The molecule has 164 valence electrons. The highest BCUT2D eigenvalue weighted by Gasteiger charge is 2.32. The average molecular weight is 525 g/mol. The van der Waals surface area contributed by atoms with E-state index in [4.69, 9.17) is 0 Å². The molecule has 1 saturated heterocycles. The van der Waals surface area contributed by atoms with Crippen LogP contribution in [0.5, 0.6) is 0 Å². The number of aryl methyl sites for hydroxylation is 1. The molecule has 1 amide bonds. The van der Waals surface area contributed by atoms with Gasteiger partial charge in [0.2, 0.25) is 5.91 Å². The molecule has 2 fully saturated rings. The van der Waals surface area contributed by atoms with E-state index < -0.39 is 0 Å². The fraction of sp³-hybridized carbons (Fsp3) is 0.619. The van der Waals surface area contributed by atoms with Crippen molar-refractivity contribution >= 4 is 41.5 Å². The number of aromatic nitrogens is 3. The lowest BCUT2D eigenvalue weighted by Crippen LogP contribution is -2.45. The van der Waals surface area contributed by atoms with Gasteiger partial charge in [-0.05, 0) is 37.8 Å². The van der Waals surface area contributed by atoms with Crippen LogP contribution in [-0.4, -0.2) is 64.1 Å². The minimum atomic E-state index is 0. The highest BCUT2D eigenvalue weighted by atomic mass is 127. The summed E-state index contributed by atoms with van der Waals surface area (Å²) in [5, 5.41) is 15.3. The van der Waals surface area contributed by atoms with Crippen LogP contribution < -0.4 is 10.6 Å². The van der Waals surface area contributed by atoms with Gasteiger partial charge in [-0.3, -0.25) is 14.2 Å². The monoisotopic (exact) mass is 525 g/mol. The Bertz CT molecular complexity index is 862. The van der Waals surface area contributed by atoms with Gasteiger partial charge < -0.3 is 15.5 Å². The standard InChI is InChI=1S/C21H31N7O.HI/c1-22-21(23-12-6-10-19-26-25-18-9-4-5-13-28(18)19)24-17-11-14-27(15-17)20(29)16-7-2-3-8-16;/h4-5,9,13,16-17H,2-3,6-8,10-12,14-15H2,1H3,(H2,22,23,24);1H. The first kappa shape index (κ1) is 22.8. The fourth-order valence-corrected chi connectivity index (χ4v) is 4.41. The lowest BCUT2D eigenvalue weighted by atomic mass is 10.1. The van der Waals surface area contributed by atoms with Crippen molar-refractivity contribution in [2.45, 2.75) is 51.0 Å². The van der Waals surface area contributed by atoms with E-state index in [-0.39, 0.29) is 35.9 Å². The van der Waals surface area contributed by atoms with Crippen molar-refractivity contribution in [1.29, 1.82) is 0 Å². The summed E-state index contributed by atoms with van der Waals surface area (Å²) >= 11 is 0. The molecule has 1 aliphatic carbocycles. The van der Waals surface area contributed by atoms with E-state index in [0.717, 1.165) is 69.2 Å². The summed E-state index contributed by atoms with van der Waals surface area (Å²) in [5.41, 5.74) is 0.880. The van der Waals surface area contributed by atoms with Crippen molar-refractivity contribution in [2.24, 2.45) is 10.9 Å². The highest BCUT2D eigenvalue weighted by molar-refractivity contribution is 14.0. The fourth-order valence-electron chi connectivity index (χ4n) is 4.41. The molecule has 2 aliphatic rings. The van der Waals surface area contributed by atoms with Gasteiger partial charge in [-0.2, -0.15) is 0 Å². The normalized spacial score (nSPS) is 19.8. The number of amides is 1. The van der Waals surface area contributed by atoms with Gasteiger partial charge in [-0.15, -0.1) is 34.2 Å². The molecule has 3 heterocycles. The number of halogens is 1. The van der Waals surface area contributed by atoms with Gasteiger partial charge in [-0.1, -0.05) is 18.9 Å². The van der Waals surface area contributed by atoms with Crippen molar-refractivity contribution in [1.82, 2.24) is 30.1 Å². The Morgan fingerprint density at radius 3 is 2.87 bits per heavy atom. The van der Waals surface area contributed by atoms with Crippen molar-refractivity contribution in [3.05, 3.63) is 30.2 Å². The lowest BCUT2D eigenvalue weighted by molar-refractivity contribution is -0.134. The Kier molecular flexibility index (Phi) is 8.29. The molecular formula is C21H32IN7O. The number of fused-ring (bicyclic) bond motifs is 1. The van der Waals surface area contributed by atoms with Crippen molar-refractivity contribution in [2.75, 3.05) is 26.7 Å². The molecule has 9 heteroatoms. The molecule has 2 N–H and O–H groups in total. The van der Waals surface area contributed by atoms with Crippen LogP contribution in [0.1, 0.15) is 44.3 Å². The lowest BCUT2D eigenvalue weighted by Gasteiger charge is -2.21. The van der Waals surface area contributed by atoms with Gasteiger partial charge in [0.25, 0.3) is 0 Å². The van der Waals surface area contributed by atoms with Gasteiger partial charge in [0.1, 0.15) is 5.82 Å². The first-order chi connectivity index (χ1) is 14.2. The molecule has 30 heavy (non-hydrogen) atoms. The molecule has 8 nitrogen and oxygen atoms in total. The van der Waals surface area contributed by atoms with Crippen LogP contribution in [0.25, 0.3) is 5.65 Å². The van der Waals surface area contributed by atoms with Crippen LogP contribution >= 0.6 is 24.0 Å². The second kappa shape index (κ2) is 10.9. The number of nitrogens with one attached hydrogen (secondary N) is 2. The summed E-state index contributed by atoms with van der Waals surface area (Å²) in [6.45, 7) is 2.44. The third-order valence-electron chi connectivity index (χ3n) is 6.02. The maximum atomic E-state index is 12.6. The van der Waals surface area contributed by atoms with Crippen LogP contribution in [0, 0.1) is 5.92 Å². The predicted molar refractivity (Wildman–Crippen MR) is 128 cm³/mol. The minimum absolute atomic E-state index is 0. The Hall–Kier alpha value is -1.91. The predicted octanol–water partition coefficient (Wildman–Crippen LogP) is 2.24. The molecule has 0 spiro atoms. The van der Waals surface area contributed by atoms with Gasteiger partial charge in [0, 0.05) is 51.3 Å². The van der Waals surface area contributed by atoms with Gasteiger partial charge in [-0.25, -0.2) is 0 Å². The number of rotatable bonds is 6. The molecule has 1 unspecified atom stereocenters. The Balaban J connectivity index is 0.00000256. The van der Waals surface area contributed by atoms with Crippen molar-refractivity contribution < 1.29 is 4.79 Å². The summed E-state index contributed by atoms with van der Waals surface area (Å²) in [6.07, 6.45) is 9.30. The zero-order chi connectivity index (χ0) is 20.1. The third kappa shape index (κ3) is 5.41. The van der Waals surface area contributed by atoms with E-state index in [1.165, 1.54) is 12.8 Å². The van der Waals surface area contributed by atoms with E-state index in [1.54, 1.807) is 7.05 Å². The molecule has 0 radical (unpaired) electrons. The maximum Gasteiger partial charge on any atom is 0.225 e. The van der Waals surface area contributed by atoms with Gasteiger partial charge in [0.15, 0.2) is 11.6 Å². The summed E-state index contributed by atoms with van der Waals surface area (Å²) in [7, 11) is 1.79. The quantitative estimate of drug-likeness (QED) is 0.262. The number of hydrogen-bond donors (Lipinski definition) is 2. The number of likely N-dealkylation sites (tertiary alicyclic amines) is 1. The zero-order valence-electron chi connectivity index (χ0n) is 17.6. The first-order valence-electron chi connectivity index (χ1n) is 10.8. The molecule has 0 aromatic carbocycles. The molecule has 1 aliphatic heterocycles. The summed E-state index contributed by atoms with van der Waals surface area (Å²) in [5.74, 6) is 2.40. The summed E-state index contributed by atoms with van der Waals surface area (Å²) < 4.78 is 2.03. The number of carbonyl (C=O) groups is 1. The van der Waals surface area contributed by atoms with Crippen molar-refractivity contribution in [3.8, 4) is 0 Å². The Morgan fingerprint density at radius 1 is 1.23 bits per heavy atom. The summed E-state index contributed by atoms with van der Waals surface area (Å²) in [4.78, 5) is 19.0. The topological polar surface area (TPSA) is 86.9 Å². The average Bonchev–Trinajstić information content (AvgIpc) is 3.51. The Morgan fingerprint density at radius 2 is 2.07 bits per heavy atom. The van der Waals surface area contributed by atoms with Crippen LogP contribution in [-0.2, 0) is 11.2 Å². The molecular weight excluding hydrogens is 493 g/mol. The number of hydrogen-bond acceptors (Lipinski definition) is 4. The number of nitrogens with zero attached hydrogens (tertiary/aromatic N) is 5. The first-order valence-corrected chi connectivity index (χ1v) is 10.8. The zero-order valence-corrected chi connectivity index (χ0v) is 19.9. The number of pyridine rings is 1. The molecule has 4 rings (SSSR count). The van der Waals surface area contributed by atoms with Crippen LogP contribution in [0.2, 0.25) is 0 Å². The number of guanidine groups is 1. The molecule has 1 atom stereocenters. The second-order valence-electron chi connectivity index (χ2n) is 8.04. The third-order valence-corrected chi connectivity index (χ3v) is 6.02. The smallest absolute Gasteiger partial charge is 0.225 e. The molecule has 0 bridgehead atoms. The van der Waals surface area contributed by atoms with Crippen LogP contribution in [0.4, 0.5) is 0 Å². The van der Waals surface area contributed by atoms with E-state index in [1.807, 2.05) is 33.7 Å². The maximum absolute atomic E-state index is 12.6. The van der Waals surface area contributed by atoms with Crippen molar-refractivity contribution in [3.63, 3.8) is 0 Å². The van der Waals surface area contributed by atoms with E-state index in [0.29, 0.717) is 5.91 Å². The van der Waals surface area contributed by atoms with Gasteiger partial charge in [0.05, 0.1) is 0 Å². The molecule has 2 aromatic heterocycles. The number of aliphatic imine (C=N–C) groups is 1. The Labute approximate surface area is 194 Å². The van der Waals surface area contributed by atoms with Gasteiger partial charge >= 0.3 is 0 Å². The van der Waals surface area contributed by atoms with Crippen LogP contribution in [0.15, 0.2) is 29.4 Å². The van der Waals surface area contributed by atoms with Crippen LogP contribution in [0.3, 0.4) is 0 Å². The largest absolute Gasteiger partial charge is 0.356 e. The highest BCUT2D eigenvalue weighted by Crippen LogP contribution is 2.27. The molecule has 2 aromatic rings. The van der Waals surface area contributed by atoms with E-state index in [2.05, 4.69) is 25.8 Å². The SMILES string of the molecule is CN=C(NCCCc1nnc2ccccn12)NC1CCN(C(=O)C2CCCC2)C1.I. The van der Waals surface area contributed by atoms with E-state index in [9.17, 15) is 4.79 Å². The number of carbonyl (C=O) groups excluding carboxylic acids is 1. The minimum Gasteiger partial charge on any atom is -0.356 e.